The molecule has 1 aromatic rings. The molecule has 2 aliphatic rings. The van der Waals surface area contributed by atoms with Crippen molar-refractivity contribution in [1.82, 2.24) is 5.32 Å². The van der Waals surface area contributed by atoms with Crippen LogP contribution in [-0.4, -0.2) is 18.6 Å². The average molecular weight is 453 g/mol. The van der Waals surface area contributed by atoms with Crippen molar-refractivity contribution in [2.24, 2.45) is 0 Å². The third-order valence-electron chi connectivity index (χ3n) is 3.40. The van der Waals surface area contributed by atoms with E-state index in [9.17, 15) is 9.59 Å². The van der Waals surface area contributed by atoms with Crippen LogP contribution in [0.1, 0.15) is 6.92 Å². The third-order valence-corrected chi connectivity index (χ3v) is 3.65. The molecule has 0 spiro atoms. The third kappa shape index (κ3) is 10.2. The number of carbonyl (C=O) groups excluding carboxylic acids is 2. The van der Waals surface area contributed by atoms with E-state index in [0.717, 1.165) is 5.92 Å². The number of allylic oxidation sites excluding steroid dienone is 1. The Morgan fingerprint density at radius 1 is 0.966 bits per heavy atom. The van der Waals surface area contributed by atoms with Crippen LogP contribution >= 0.6 is 11.6 Å². The molecule has 0 aliphatic heterocycles. The van der Waals surface area contributed by atoms with Crippen molar-refractivity contribution in [1.29, 1.82) is 0 Å². The molecule has 7 heteroatoms. The maximum Gasteiger partial charge on any atom is 2.00 e. The van der Waals surface area contributed by atoms with E-state index in [0.29, 0.717) is 10.7 Å². The number of carbonyl (C=O) groups is 2. The summed E-state index contributed by atoms with van der Waals surface area (Å²) < 4.78 is 4.95. The minimum absolute atomic E-state index is 0. The fraction of sp³-hybridized carbons (Fsp3) is 0.0909. The number of benzene rings is 1. The Bertz CT molecular complexity index is 647. The normalized spacial score (nSPS) is 16.3. The van der Waals surface area contributed by atoms with Gasteiger partial charge >= 0.3 is 29.1 Å². The van der Waals surface area contributed by atoms with E-state index in [1.54, 1.807) is 37.3 Å². The van der Waals surface area contributed by atoms with Crippen LogP contribution in [0, 0.1) is 63.7 Å². The van der Waals surface area contributed by atoms with Crippen molar-refractivity contribution < 1.29 is 31.4 Å². The number of esters is 1. The molecule has 0 aromatic heterocycles. The summed E-state index contributed by atoms with van der Waals surface area (Å²) in [6.07, 6.45) is 18.9. The smallest absolute Gasteiger partial charge is 0.461 e. The summed E-state index contributed by atoms with van der Waals surface area (Å²) in [6.45, 7) is 1.92. The van der Waals surface area contributed by atoms with E-state index in [4.69, 9.17) is 16.3 Å². The summed E-state index contributed by atoms with van der Waals surface area (Å²) >= 11 is 5.79. The molecule has 2 fully saturated rings. The molecule has 2 N–H and O–H groups in total. The second-order valence-electron chi connectivity index (χ2n) is 5.54. The van der Waals surface area contributed by atoms with Gasteiger partial charge in [-0.3, -0.25) is 0 Å². The predicted octanol–water partition coefficient (Wildman–Crippen LogP) is 4.33. The van der Waals surface area contributed by atoms with Gasteiger partial charge < -0.3 is 15.4 Å². The van der Waals surface area contributed by atoms with E-state index in [2.05, 4.69) is 10.6 Å². The van der Waals surface area contributed by atoms with Gasteiger partial charge in [-0.05, 0) is 95.1 Å². The molecule has 29 heavy (non-hydrogen) atoms. The molecule has 0 unspecified atom stereocenters. The van der Waals surface area contributed by atoms with Crippen LogP contribution in [0.5, 0.6) is 0 Å². The van der Waals surface area contributed by atoms with Crippen LogP contribution < -0.4 is 10.6 Å². The van der Waals surface area contributed by atoms with Gasteiger partial charge in [-0.25, -0.2) is 9.59 Å². The van der Waals surface area contributed by atoms with Crippen molar-refractivity contribution in [3.63, 3.8) is 0 Å². The molecule has 0 atom stereocenters. The zero-order chi connectivity index (χ0) is 20.2. The molecular weight excluding hydrogens is 432 g/mol. The Morgan fingerprint density at radius 2 is 1.52 bits per heavy atom. The number of hydrogen-bond donors (Lipinski definition) is 2. The molecular formula is C22H21ClFeN2O3+2. The Morgan fingerprint density at radius 3 is 2.03 bits per heavy atom. The Hall–Kier alpha value is -1.49. The Labute approximate surface area is 189 Å². The van der Waals surface area contributed by atoms with Crippen molar-refractivity contribution in [2.45, 2.75) is 6.92 Å². The standard InChI is InChI=1S/C17H16ClN2O3.C5H5.Fe/c1-2-23-16(21)15(11-12-5-3-4-6-12)20-17(22)19-14-9-7-13(18)8-10-14;1-2-4-5-3-1;/h3-11H,2H2,1H3,(H2,19,20,22);1-5H;/q;;+2/b15-11-;;. The van der Waals surface area contributed by atoms with Crippen LogP contribution in [0.2, 0.25) is 5.02 Å². The molecule has 0 saturated heterocycles. The van der Waals surface area contributed by atoms with Gasteiger partial charge in [0.05, 0.1) is 6.61 Å². The van der Waals surface area contributed by atoms with Gasteiger partial charge in [0.15, 0.2) is 0 Å². The van der Waals surface area contributed by atoms with Gasteiger partial charge in [0.2, 0.25) is 0 Å². The molecule has 0 bridgehead atoms. The second-order valence-corrected chi connectivity index (χ2v) is 5.98. The maximum absolute atomic E-state index is 12.0. The summed E-state index contributed by atoms with van der Waals surface area (Å²) in [4.78, 5) is 24.0. The number of urea groups is 1. The van der Waals surface area contributed by atoms with Gasteiger partial charge in [-0.1, -0.05) is 11.6 Å². The first-order valence-corrected chi connectivity index (χ1v) is 9.07. The number of rotatable bonds is 5. The summed E-state index contributed by atoms with van der Waals surface area (Å²) in [5.74, 6) is 0.194. The molecule has 5 nitrogen and oxygen atoms in total. The molecule has 2 aliphatic carbocycles. The van der Waals surface area contributed by atoms with Gasteiger partial charge in [-0.2, -0.15) is 0 Å². The molecule has 1 aromatic carbocycles. The number of ether oxygens (including phenoxy) is 1. The molecule has 10 radical (unpaired) electrons. The number of amides is 2. The topological polar surface area (TPSA) is 67.4 Å². The predicted molar refractivity (Wildman–Crippen MR) is 110 cm³/mol. The van der Waals surface area contributed by atoms with Crippen LogP contribution in [0.15, 0.2) is 36.0 Å². The van der Waals surface area contributed by atoms with Crippen LogP contribution in [0.25, 0.3) is 0 Å². The van der Waals surface area contributed by atoms with E-state index < -0.39 is 12.0 Å². The molecule has 2 amide bonds. The quantitative estimate of drug-likeness (QED) is 0.397. The molecule has 0 heterocycles. The Kier molecular flexibility index (Phi) is 12.8. The van der Waals surface area contributed by atoms with Crippen molar-refractivity contribution in [2.75, 3.05) is 11.9 Å². The van der Waals surface area contributed by atoms with Gasteiger partial charge in [0, 0.05) is 16.6 Å². The molecule has 3 rings (SSSR count). The van der Waals surface area contributed by atoms with E-state index in [-0.39, 0.29) is 29.4 Å². The minimum Gasteiger partial charge on any atom is -0.461 e. The van der Waals surface area contributed by atoms with Gasteiger partial charge in [-0.15, -0.1) is 0 Å². The fourth-order valence-electron chi connectivity index (χ4n) is 2.15. The van der Waals surface area contributed by atoms with Crippen LogP contribution in [0.4, 0.5) is 10.5 Å². The first-order valence-electron chi connectivity index (χ1n) is 8.69. The second kappa shape index (κ2) is 14.5. The Balaban J connectivity index is 0.000000610. The minimum atomic E-state index is -0.597. The molecule has 150 valence electrons. The number of anilines is 1. The summed E-state index contributed by atoms with van der Waals surface area (Å²) in [6, 6.07) is 6.09. The van der Waals surface area contributed by atoms with Gasteiger partial charge in [0.1, 0.15) is 5.70 Å². The fourth-order valence-corrected chi connectivity index (χ4v) is 2.27. The maximum atomic E-state index is 12.0. The summed E-state index contributed by atoms with van der Waals surface area (Å²) in [7, 11) is 0. The average Bonchev–Trinajstić information content (AvgIpc) is 3.40. The first-order chi connectivity index (χ1) is 13.6. The molecule has 2 saturated carbocycles. The summed E-state index contributed by atoms with van der Waals surface area (Å²) in [5, 5.41) is 5.69. The number of hydrogen-bond acceptors (Lipinski definition) is 3. The van der Waals surface area contributed by atoms with Gasteiger partial charge in [0.25, 0.3) is 0 Å². The van der Waals surface area contributed by atoms with Crippen molar-refractivity contribution in [3.8, 4) is 0 Å². The van der Waals surface area contributed by atoms with Crippen molar-refractivity contribution >= 4 is 29.3 Å². The monoisotopic (exact) mass is 452 g/mol. The number of halogens is 1. The zero-order valence-corrected chi connectivity index (χ0v) is 17.6. The van der Waals surface area contributed by atoms with Crippen LogP contribution in [0.3, 0.4) is 0 Å². The van der Waals surface area contributed by atoms with Crippen LogP contribution in [-0.2, 0) is 26.6 Å². The number of nitrogens with one attached hydrogen (secondary N) is 2. The summed E-state index contributed by atoms with van der Waals surface area (Å²) in [5.41, 5.74) is 0.618. The van der Waals surface area contributed by atoms with E-state index in [1.165, 1.54) is 0 Å². The largest absolute Gasteiger partial charge is 2.00 e. The first kappa shape index (κ1) is 25.5. The zero-order valence-electron chi connectivity index (χ0n) is 15.7. The van der Waals surface area contributed by atoms with Crippen molar-refractivity contribution in [3.05, 3.63) is 105 Å². The SMILES string of the molecule is CCOC(=O)/C(=C/[C]1[CH][CH][CH][CH]1)NC(=O)Nc1ccc(Cl)cc1.[CH]1[CH][CH][CH][CH]1.[Fe+2]. The van der Waals surface area contributed by atoms with E-state index >= 15 is 0 Å². The van der Waals surface area contributed by atoms with E-state index in [1.807, 2.05) is 57.8 Å².